The zero-order valence-electron chi connectivity index (χ0n) is 10.8. The SMILES string of the molecule is CC1OCCC1c1nc(N2CCC(N)CC2)n[nH]1. The summed E-state index contributed by atoms with van der Waals surface area (Å²) in [4.78, 5) is 6.84. The fraction of sp³-hybridized carbons (Fsp3) is 0.833. The van der Waals surface area contributed by atoms with Crippen LogP contribution in [-0.4, -0.2) is 47.0 Å². The first-order valence-electron chi connectivity index (χ1n) is 6.78. The van der Waals surface area contributed by atoms with E-state index in [1.165, 1.54) is 0 Å². The molecule has 1 aromatic rings. The molecule has 0 spiro atoms. The first-order valence-corrected chi connectivity index (χ1v) is 6.78. The number of nitrogens with two attached hydrogens (primary N) is 1. The molecule has 0 aliphatic carbocycles. The summed E-state index contributed by atoms with van der Waals surface area (Å²) in [6.07, 6.45) is 3.31. The zero-order chi connectivity index (χ0) is 12.5. The first kappa shape index (κ1) is 11.9. The first-order chi connectivity index (χ1) is 8.74. The Hall–Kier alpha value is -1.14. The van der Waals surface area contributed by atoms with Crippen LogP contribution >= 0.6 is 0 Å². The van der Waals surface area contributed by atoms with Crippen LogP contribution in [0.25, 0.3) is 0 Å². The molecular weight excluding hydrogens is 230 g/mol. The average molecular weight is 251 g/mol. The molecule has 0 bridgehead atoms. The van der Waals surface area contributed by atoms with Crippen molar-refractivity contribution in [2.24, 2.45) is 5.73 Å². The highest BCUT2D eigenvalue weighted by atomic mass is 16.5. The summed E-state index contributed by atoms with van der Waals surface area (Å²) in [5.74, 6) is 2.14. The topological polar surface area (TPSA) is 80.1 Å². The van der Waals surface area contributed by atoms with E-state index >= 15 is 0 Å². The minimum absolute atomic E-state index is 0.237. The highest BCUT2D eigenvalue weighted by Gasteiger charge is 2.29. The van der Waals surface area contributed by atoms with Crippen LogP contribution in [0, 0.1) is 0 Å². The van der Waals surface area contributed by atoms with Crippen molar-refractivity contribution in [1.29, 1.82) is 0 Å². The Morgan fingerprint density at radius 1 is 1.33 bits per heavy atom. The van der Waals surface area contributed by atoms with Crippen LogP contribution in [0.4, 0.5) is 5.95 Å². The maximum Gasteiger partial charge on any atom is 0.244 e. The maximum atomic E-state index is 5.91. The molecule has 3 heterocycles. The Morgan fingerprint density at radius 2 is 2.11 bits per heavy atom. The van der Waals surface area contributed by atoms with Crippen LogP contribution < -0.4 is 10.6 Å². The molecule has 0 saturated carbocycles. The number of aromatic nitrogens is 3. The molecule has 0 radical (unpaired) electrons. The van der Waals surface area contributed by atoms with Gasteiger partial charge in [0.1, 0.15) is 5.82 Å². The summed E-state index contributed by atoms with van der Waals surface area (Å²) in [5.41, 5.74) is 5.91. The normalized spacial score (nSPS) is 30.0. The average Bonchev–Trinajstić information content (AvgIpc) is 2.98. The second-order valence-corrected chi connectivity index (χ2v) is 5.32. The van der Waals surface area contributed by atoms with Gasteiger partial charge in [0.25, 0.3) is 0 Å². The van der Waals surface area contributed by atoms with E-state index in [2.05, 4.69) is 27.0 Å². The van der Waals surface area contributed by atoms with E-state index in [4.69, 9.17) is 10.5 Å². The molecule has 3 rings (SSSR count). The molecule has 2 aliphatic heterocycles. The number of rotatable bonds is 2. The third kappa shape index (κ3) is 2.22. The minimum Gasteiger partial charge on any atom is -0.378 e. The van der Waals surface area contributed by atoms with Gasteiger partial charge in [-0.3, -0.25) is 5.10 Å². The van der Waals surface area contributed by atoms with Gasteiger partial charge < -0.3 is 15.4 Å². The van der Waals surface area contributed by atoms with Gasteiger partial charge in [-0.25, -0.2) is 0 Å². The summed E-state index contributed by atoms with van der Waals surface area (Å²) in [5, 5.41) is 7.41. The van der Waals surface area contributed by atoms with Crippen molar-refractivity contribution in [2.45, 2.75) is 44.2 Å². The number of piperidine rings is 1. The van der Waals surface area contributed by atoms with E-state index in [1.807, 2.05) is 0 Å². The van der Waals surface area contributed by atoms with Gasteiger partial charge in [-0.05, 0) is 26.2 Å². The van der Waals surface area contributed by atoms with E-state index in [0.29, 0.717) is 12.0 Å². The molecule has 0 aromatic carbocycles. The van der Waals surface area contributed by atoms with Gasteiger partial charge in [-0.15, -0.1) is 5.10 Å². The second kappa shape index (κ2) is 4.85. The Labute approximate surface area is 107 Å². The standard InChI is InChI=1S/C12H21N5O/c1-8-10(4-7-18-8)11-14-12(16-15-11)17-5-2-9(13)3-6-17/h8-10H,2-7,13H2,1H3,(H,14,15,16). The summed E-state index contributed by atoms with van der Waals surface area (Å²) >= 11 is 0. The van der Waals surface area contributed by atoms with Gasteiger partial charge in [0.15, 0.2) is 0 Å². The second-order valence-electron chi connectivity index (χ2n) is 5.32. The van der Waals surface area contributed by atoms with Crippen molar-refractivity contribution in [1.82, 2.24) is 15.2 Å². The fourth-order valence-corrected chi connectivity index (χ4v) is 2.76. The summed E-state index contributed by atoms with van der Waals surface area (Å²) in [7, 11) is 0. The van der Waals surface area contributed by atoms with E-state index in [1.54, 1.807) is 0 Å². The monoisotopic (exact) mass is 251 g/mol. The number of hydrogen-bond donors (Lipinski definition) is 2. The van der Waals surface area contributed by atoms with Crippen LogP contribution in [0.5, 0.6) is 0 Å². The van der Waals surface area contributed by atoms with Crippen LogP contribution in [0.3, 0.4) is 0 Å². The highest BCUT2D eigenvalue weighted by molar-refractivity contribution is 5.30. The quantitative estimate of drug-likeness (QED) is 0.805. The summed E-state index contributed by atoms with van der Waals surface area (Å²) in [6.45, 7) is 4.82. The molecular formula is C12H21N5O. The molecule has 2 saturated heterocycles. The zero-order valence-corrected chi connectivity index (χ0v) is 10.8. The van der Waals surface area contributed by atoms with Gasteiger partial charge in [0, 0.05) is 31.7 Å². The number of ether oxygens (including phenoxy) is 1. The number of anilines is 1. The lowest BCUT2D eigenvalue weighted by Gasteiger charge is -2.28. The lowest BCUT2D eigenvalue weighted by molar-refractivity contribution is 0.117. The lowest BCUT2D eigenvalue weighted by atomic mass is 10.0. The molecule has 2 fully saturated rings. The summed E-state index contributed by atoms with van der Waals surface area (Å²) < 4.78 is 5.57. The predicted molar refractivity (Wildman–Crippen MR) is 68.6 cm³/mol. The van der Waals surface area contributed by atoms with Crippen molar-refractivity contribution in [3.05, 3.63) is 5.82 Å². The Balaban J connectivity index is 1.69. The lowest BCUT2D eigenvalue weighted by Crippen LogP contribution is -2.40. The number of nitrogens with zero attached hydrogens (tertiary/aromatic N) is 3. The van der Waals surface area contributed by atoms with Crippen molar-refractivity contribution in [3.63, 3.8) is 0 Å². The molecule has 100 valence electrons. The molecule has 18 heavy (non-hydrogen) atoms. The highest BCUT2D eigenvalue weighted by Crippen LogP contribution is 2.29. The number of nitrogens with one attached hydrogen (secondary N) is 1. The molecule has 3 N–H and O–H groups in total. The van der Waals surface area contributed by atoms with Crippen molar-refractivity contribution >= 4 is 5.95 Å². The maximum absolute atomic E-state index is 5.91. The van der Waals surface area contributed by atoms with E-state index in [-0.39, 0.29) is 6.10 Å². The number of hydrogen-bond acceptors (Lipinski definition) is 5. The van der Waals surface area contributed by atoms with Crippen molar-refractivity contribution < 1.29 is 4.74 Å². The third-order valence-electron chi connectivity index (χ3n) is 4.04. The molecule has 2 atom stereocenters. The van der Waals surface area contributed by atoms with Gasteiger partial charge in [-0.2, -0.15) is 4.98 Å². The summed E-state index contributed by atoms with van der Waals surface area (Å²) in [6, 6.07) is 0.336. The molecule has 0 amide bonds. The van der Waals surface area contributed by atoms with Gasteiger partial charge in [0.2, 0.25) is 5.95 Å². The van der Waals surface area contributed by atoms with Crippen LogP contribution in [0.1, 0.15) is 37.9 Å². The van der Waals surface area contributed by atoms with E-state index < -0.39 is 0 Å². The predicted octanol–water partition coefficient (Wildman–Crippen LogP) is 0.625. The Morgan fingerprint density at radius 3 is 2.78 bits per heavy atom. The molecule has 2 aliphatic rings. The van der Waals surface area contributed by atoms with Gasteiger partial charge in [-0.1, -0.05) is 0 Å². The van der Waals surface area contributed by atoms with Crippen LogP contribution in [0.15, 0.2) is 0 Å². The Bertz CT molecular complexity index is 399. The minimum atomic E-state index is 0.237. The molecule has 6 heteroatoms. The smallest absolute Gasteiger partial charge is 0.244 e. The largest absolute Gasteiger partial charge is 0.378 e. The van der Waals surface area contributed by atoms with E-state index in [9.17, 15) is 0 Å². The molecule has 2 unspecified atom stereocenters. The van der Waals surface area contributed by atoms with Gasteiger partial charge >= 0.3 is 0 Å². The molecule has 1 aromatic heterocycles. The van der Waals surface area contributed by atoms with Crippen molar-refractivity contribution in [2.75, 3.05) is 24.6 Å². The van der Waals surface area contributed by atoms with Crippen LogP contribution in [-0.2, 0) is 4.74 Å². The van der Waals surface area contributed by atoms with Crippen LogP contribution in [0.2, 0.25) is 0 Å². The van der Waals surface area contributed by atoms with Gasteiger partial charge in [0.05, 0.1) is 6.10 Å². The number of H-pyrrole nitrogens is 1. The number of aromatic amines is 1. The van der Waals surface area contributed by atoms with Crippen molar-refractivity contribution in [3.8, 4) is 0 Å². The van der Waals surface area contributed by atoms with E-state index in [0.717, 1.165) is 50.7 Å². The fourth-order valence-electron chi connectivity index (χ4n) is 2.76. The Kier molecular flexibility index (Phi) is 3.22. The third-order valence-corrected chi connectivity index (χ3v) is 4.04. The molecule has 6 nitrogen and oxygen atoms in total.